The number of fused-ring (bicyclic) bond motifs is 1. The second-order valence-corrected chi connectivity index (χ2v) is 8.68. The van der Waals surface area contributed by atoms with Crippen LogP contribution >= 0.6 is 0 Å². The molecule has 25 heavy (non-hydrogen) atoms. The molecule has 2 aromatic rings. The van der Waals surface area contributed by atoms with E-state index in [4.69, 9.17) is 4.74 Å². The molecule has 0 fully saturated rings. The summed E-state index contributed by atoms with van der Waals surface area (Å²) < 4.78 is 5.29. The molecule has 0 unspecified atom stereocenters. The van der Waals surface area contributed by atoms with E-state index in [0.717, 1.165) is 11.0 Å². The minimum absolute atomic E-state index is 0.0223. The largest absolute Gasteiger partial charge is 0.444 e. The molecule has 2 rings (SSSR count). The lowest BCUT2D eigenvalue weighted by molar-refractivity contribution is 0.0403. The molecule has 6 nitrogen and oxygen atoms in total. The van der Waals surface area contributed by atoms with E-state index in [1.165, 1.54) is 5.56 Å². The number of nitrogens with one attached hydrogen (secondary N) is 2. The average Bonchev–Trinajstić information content (AvgIpc) is 2.87. The van der Waals surface area contributed by atoms with Gasteiger partial charge < -0.3 is 20.1 Å². The quantitative estimate of drug-likeness (QED) is 0.792. The molecular weight excluding hydrogens is 318 g/mol. The normalized spacial score (nSPS) is 15.0. The Labute approximate surface area is 149 Å². The van der Waals surface area contributed by atoms with Crippen LogP contribution in [0, 0.1) is 0 Å². The Balaban J connectivity index is 2.35. The Morgan fingerprint density at radius 1 is 1.20 bits per heavy atom. The summed E-state index contributed by atoms with van der Waals surface area (Å²) >= 11 is 0. The summed E-state index contributed by atoms with van der Waals surface area (Å²) in [7, 11) is 0. The van der Waals surface area contributed by atoms with E-state index in [0.29, 0.717) is 5.82 Å². The third-order valence-corrected chi connectivity index (χ3v) is 3.96. The molecule has 1 aromatic carbocycles. The number of rotatable bonds is 3. The Kier molecular flexibility index (Phi) is 4.88. The number of alkyl carbamates (subject to hydrolysis) is 1. The Hall–Kier alpha value is -2.08. The topological polar surface area (TPSA) is 87.2 Å². The van der Waals surface area contributed by atoms with Crippen LogP contribution in [0.25, 0.3) is 11.0 Å². The van der Waals surface area contributed by atoms with E-state index < -0.39 is 17.2 Å². The van der Waals surface area contributed by atoms with Crippen molar-refractivity contribution in [3.63, 3.8) is 0 Å². The van der Waals surface area contributed by atoms with Gasteiger partial charge in [-0.3, -0.25) is 0 Å². The van der Waals surface area contributed by atoms with Gasteiger partial charge in [0.05, 0.1) is 17.6 Å². The zero-order chi connectivity index (χ0) is 19.0. The molecular formula is C19H29N3O3. The number of H-pyrrole nitrogens is 1. The lowest BCUT2D eigenvalue weighted by atomic mass is 9.87. The fourth-order valence-electron chi connectivity index (χ4n) is 2.44. The summed E-state index contributed by atoms with van der Waals surface area (Å²) in [6.45, 7) is 13.2. The number of imidazole rings is 1. The number of aliphatic hydroxyl groups is 1. The molecule has 0 aliphatic carbocycles. The third kappa shape index (κ3) is 4.51. The summed E-state index contributed by atoms with van der Waals surface area (Å²) in [6.07, 6.45) is -0.597. The molecule has 0 saturated heterocycles. The molecule has 3 N–H and O–H groups in total. The summed E-state index contributed by atoms with van der Waals surface area (Å²) in [4.78, 5) is 19.9. The molecule has 1 heterocycles. The SMILES string of the molecule is CC(C)(C)OC(=O)N[C@@](C)(CO)c1nc2ccc(C(C)(C)C)cc2[nH]1. The molecule has 0 aliphatic heterocycles. The first-order valence-corrected chi connectivity index (χ1v) is 8.47. The van der Waals surface area contributed by atoms with Crippen LogP contribution in [0.1, 0.15) is 59.9 Å². The second kappa shape index (κ2) is 6.33. The summed E-state index contributed by atoms with van der Waals surface area (Å²) in [5.74, 6) is 0.488. The zero-order valence-electron chi connectivity index (χ0n) is 16.2. The average molecular weight is 347 g/mol. The minimum atomic E-state index is -1.07. The first-order chi connectivity index (χ1) is 11.3. The van der Waals surface area contributed by atoms with Crippen LogP contribution in [0.4, 0.5) is 4.79 Å². The number of aromatic amines is 1. The van der Waals surface area contributed by atoms with Gasteiger partial charge >= 0.3 is 6.09 Å². The van der Waals surface area contributed by atoms with E-state index in [2.05, 4.69) is 42.1 Å². The van der Waals surface area contributed by atoms with E-state index >= 15 is 0 Å². The van der Waals surface area contributed by atoms with Gasteiger partial charge in [0.2, 0.25) is 0 Å². The number of aromatic nitrogens is 2. The van der Waals surface area contributed by atoms with E-state index in [-0.39, 0.29) is 12.0 Å². The number of hydrogen-bond donors (Lipinski definition) is 3. The van der Waals surface area contributed by atoms with Gasteiger partial charge in [-0.2, -0.15) is 0 Å². The maximum atomic E-state index is 12.1. The van der Waals surface area contributed by atoms with Crippen LogP contribution in [-0.2, 0) is 15.7 Å². The Morgan fingerprint density at radius 2 is 1.84 bits per heavy atom. The number of ether oxygens (including phenoxy) is 1. The predicted octanol–water partition coefficient (Wildman–Crippen LogP) is 3.59. The van der Waals surface area contributed by atoms with E-state index in [9.17, 15) is 9.90 Å². The highest BCUT2D eigenvalue weighted by atomic mass is 16.6. The van der Waals surface area contributed by atoms with Gasteiger partial charge in [0.15, 0.2) is 0 Å². The predicted molar refractivity (Wildman–Crippen MR) is 98.6 cm³/mol. The number of hydrogen-bond acceptors (Lipinski definition) is 4. The second-order valence-electron chi connectivity index (χ2n) is 8.68. The van der Waals surface area contributed by atoms with Crippen LogP contribution in [0.2, 0.25) is 0 Å². The van der Waals surface area contributed by atoms with Crippen LogP contribution in [0.15, 0.2) is 18.2 Å². The number of benzene rings is 1. The molecule has 138 valence electrons. The maximum Gasteiger partial charge on any atom is 0.408 e. The summed E-state index contributed by atoms with van der Waals surface area (Å²) in [6, 6.07) is 6.04. The van der Waals surface area contributed by atoms with Crippen molar-refractivity contribution in [2.24, 2.45) is 0 Å². The highest BCUT2D eigenvalue weighted by Gasteiger charge is 2.33. The van der Waals surface area contributed by atoms with Crippen molar-refractivity contribution in [3.05, 3.63) is 29.6 Å². The maximum absolute atomic E-state index is 12.1. The lowest BCUT2D eigenvalue weighted by Gasteiger charge is -2.28. The van der Waals surface area contributed by atoms with Gasteiger partial charge in [-0.25, -0.2) is 9.78 Å². The van der Waals surface area contributed by atoms with Gasteiger partial charge in [-0.1, -0.05) is 26.8 Å². The first kappa shape index (κ1) is 19.2. The van der Waals surface area contributed by atoms with Crippen LogP contribution in [-0.4, -0.2) is 33.4 Å². The van der Waals surface area contributed by atoms with Crippen molar-refractivity contribution in [2.75, 3.05) is 6.61 Å². The van der Waals surface area contributed by atoms with E-state index in [1.54, 1.807) is 27.7 Å². The number of carbonyl (C=O) groups is 1. The van der Waals surface area contributed by atoms with Crippen LogP contribution in [0.3, 0.4) is 0 Å². The molecule has 0 spiro atoms. The van der Waals surface area contributed by atoms with Crippen LogP contribution in [0.5, 0.6) is 0 Å². The first-order valence-electron chi connectivity index (χ1n) is 8.47. The lowest BCUT2D eigenvalue weighted by Crippen LogP contribution is -2.48. The molecule has 1 aromatic heterocycles. The molecule has 6 heteroatoms. The zero-order valence-corrected chi connectivity index (χ0v) is 16.2. The molecule has 1 amide bonds. The van der Waals surface area contributed by atoms with Crippen molar-refractivity contribution in [2.45, 2.75) is 65.0 Å². The number of amides is 1. The smallest absolute Gasteiger partial charge is 0.408 e. The monoisotopic (exact) mass is 347 g/mol. The molecule has 0 radical (unpaired) electrons. The molecule has 1 atom stereocenters. The van der Waals surface area contributed by atoms with Gasteiger partial charge in [0, 0.05) is 0 Å². The van der Waals surface area contributed by atoms with Crippen molar-refractivity contribution in [3.8, 4) is 0 Å². The van der Waals surface area contributed by atoms with E-state index in [1.807, 2.05) is 12.1 Å². The third-order valence-electron chi connectivity index (χ3n) is 3.96. The van der Waals surface area contributed by atoms with Gasteiger partial charge in [-0.15, -0.1) is 0 Å². The molecule has 0 saturated carbocycles. The number of aliphatic hydroxyl groups excluding tert-OH is 1. The highest BCUT2D eigenvalue weighted by Crippen LogP contribution is 2.27. The fourth-order valence-corrected chi connectivity index (χ4v) is 2.44. The van der Waals surface area contributed by atoms with Crippen molar-refractivity contribution in [1.29, 1.82) is 0 Å². The minimum Gasteiger partial charge on any atom is -0.444 e. The molecule has 0 aliphatic rings. The number of carbonyl (C=O) groups excluding carboxylic acids is 1. The highest BCUT2D eigenvalue weighted by molar-refractivity contribution is 5.77. The van der Waals surface area contributed by atoms with Crippen molar-refractivity contribution < 1.29 is 14.6 Å². The molecule has 0 bridgehead atoms. The van der Waals surface area contributed by atoms with Gasteiger partial charge in [0.25, 0.3) is 0 Å². The van der Waals surface area contributed by atoms with Crippen molar-refractivity contribution >= 4 is 17.1 Å². The number of nitrogens with zero attached hydrogens (tertiary/aromatic N) is 1. The van der Waals surface area contributed by atoms with Crippen LogP contribution < -0.4 is 5.32 Å². The van der Waals surface area contributed by atoms with Gasteiger partial charge in [-0.05, 0) is 50.8 Å². The van der Waals surface area contributed by atoms with Gasteiger partial charge in [0.1, 0.15) is 17.0 Å². The fraction of sp³-hybridized carbons (Fsp3) is 0.579. The van der Waals surface area contributed by atoms with Crippen molar-refractivity contribution in [1.82, 2.24) is 15.3 Å². The summed E-state index contributed by atoms with van der Waals surface area (Å²) in [5.41, 5.74) is 1.18. The summed E-state index contributed by atoms with van der Waals surface area (Å²) in [5, 5.41) is 12.6. The Bertz CT molecular complexity index is 768. The Morgan fingerprint density at radius 3 is 2.36 bits per heavy atom. The standard InChI is InChI=1S/C19H29N3O3/c1-17(2,3)12-8-9-13-14(10-12)21-15(20-13)19(7,11-23)22-16(24)25-18(4,5)6/h8-10,23H,11H2,1-7H3,(H,20,21)(H,22,24)/t19-/m0/s1.